The van der Waals surface area contributed by atoms with Gasteiger partial charge in [-0.05, 0) is 30.3 Å². The molecule has 0 saturated heterocycles. The molecule has 6 nitrogen and oxygen atoms in total. The third kappa shape index (κ3) is 3.54. The van der Waals surface area contributed by atoms with E-state index in [9.17, 15) is 9.59 Å². The number of fused-ring (bicyclic) bond motifs is 1. The topological polar surface area (TPSA) is 75.5 Å². The van der Waals surface area contributed by atoms with Gasteiger partial charge in [0.2, 0.25) is 5.82 Å². The molecule has 0 aliphatic carbocycles. The van der Waals surface area contributed by atoms with Gasteiger partial charge in [0.25, 0.3) is 11.8 Å². The fourth-order valence-corrected chi connectivity index (χ4v) is 2.56. The number of benzene rings is 1. The molecule has 2 amide bonds. The SMILES string of the molecule is C=CCNC(=O)c1nc(C(=O)Nc2cccc(Cl)c2)n2ccccc12. The maximum Gasteiger partial charge on any atom is 0.292 e. The number of nitrogens with zero attached hydrogens (tertiary/aromatic N) is 2. The van der Waals surface area contributed by atoms with Crippen LogP contribution >= 0.6 is 11.6 Å². The number of nitrogens with one attached hydrogen (secondary N) is 2. The van der Waals surface area contributed by atoms with Crippen molar-refractivity contribution >= 4 is 34.6 Å². The van der Waals surface area contributed by atoms with Gasteiger partial charge in [-0.3, -0.25) is 14.0 Å². The summed E-state index contributed by atoms with van der Waals surface area (Å²) in [5.41, 5.74) is 1.27. The van der Waals surface area contributed by atoms with Crippen LogP contribution in [0.2, 0.25) is 5.02 Å². The van der Waals surface area contributed by atoms with Gasteiger partial charge < -0.3 is 10.6 Å². The van der Waals surface area contributed by atoms with E-state index in [0.29, 0.717) is 22.8 Å². The van der Waals surface area contributed by atoms with Crippen molar-refractivity contribution in [2.24, 2.45) is 0 Å². The number of pyridine rings is 1. The Morgan fingerprint density at radius 1 is 1.20 bits per heavy atom. The third-order valence-electron chi connectivity index (χ3n) is 3.46. The van der Waals surface area contributed by atoms with E-state index in [1.807, 2.05) is 0 Å². The first-order valence-corrected chi connectivity index (χ1v) is 7.91. The summed E-state index contributed by atoms with van der Waals surface area (Å²) in [7, 11) is 0. The molecule has 1 aromatic carbocycles. The van der Waals surface area contributed by atoms with Gasteiger partial charge in [0.1, 0.15) is 0 Å². The van der Waals surface area contributed by atoms with E-state index in [0.717, 1.165) is 0 Å². The van der Waals surface area contributed by atoms with Gasteiger partial charge in [-0.15, -0.1) is 6.58 Å². The second kappa shape index (κ2) is 7.19. The molecule has 25 heavy (non-hydrogen) atoms. The maximum absolute atomic E-state index is 12.6. The van der Waals surface area contributed by atoms with Crippen molar-refractivity contribution in [3.05, 3.63) is 77.9 Å². The quantitative estimate of drug-likeness (QED) is 0.691. The minimum Gasteiger partial charge on any atom is -0.347 e. The Bertz CT molecular complexity index is 965. The number of imidazole rings is 1. The molecule has 0 spiro atoms. The summed E-state index contributed by atoms with van der Waals surface area (Å²) < 4.78 is 1.57. The number of hydrogen-bond acceptors (Lipinski definition) is 3. The summed E-state index contributed by atoms with van der Waals surface area (Å²) >= 11 is 5.93. The van der Waals surface area contributed by atoms with Crippen molar-refractivity contribution in [2.45, 2.75) is 0 Å². The summed E-state index contributed by atoms with van der Waals surface area (Å²) in [5.74, 6) is -0.698. The maximum atomic E-state index is 12.6. The lowest BCUT2D eigenvalue weighted by molar-refractivity contribution is 0.0955. The highest BCUT2D eigenvalue weighted by atomic mass is 35.5. The summed E-state index contributed by atoms with van der Waals surface area (Å²) in [6, 6.07) is 12.1. The molecule has 2 aromatic heterocycles. The van der Waals surface area contributed by atoms with Crippen LogP contribution in [-0.2, 0) is 0 Å². The van der Waals surface area contributed by atoms with Crippen molar-refractivity contribution in [1.29, 1.82) is 0 Å². The fourth-order valence-electron chi connectivity index (χ4n) is 2.37. The summed E-state index contributed by atoms with van der Waals surface area (Å²) in [6.07, 6.45) is 3.25. The van der Waals surface area contributed by atoms with Crippen molar-refractivity contribution in [2.75, 3.05) is 11.9 Å². The Labute approximate surface area is 149 Å². The van der Waals surface area contributed by atoms with Gasteiger partial charge in [-0.25, -0.2) is 4.98 Å². The van der Waals surface area contributed by atoms with Crippen LogP contribution in [0.5, 0.6) is 0 Å². The molecular weight excluding hydrogens is 340 g/mol. The van der Waals surface area contributed by atoms with Crippen molar-refractivity contribution in [3.8, 4) is 0 Å². The number of aromatic nitrogens is 2. The van der Waals surface area contributed by atoms with E-state index in [1.165, 1.54) is 0 Å². The molecule has 0 aliphatic heterocycles. The van der Waals surface area contributed by atoms with Crippen molar-refractivity contribution in [3.63, 3.8) is 0 Å². The third-order valence-corrected chi connectivity index (χ3v) is 3.69. The average molecular weight is 355 g/mol. The van der Waals surface area contributed by atoms with Crippen LogP contribution in [0.15, 0.2) is 61.3 Å². The van der Waals surface area contributed by atoms with Crippen LogP contribution in [0, 0.1) is 0 Å². The van der Waals surface area contributed by atoms with Crippen LogP contribution in [0.3, 0.4) is 0 Å². The van der Waals surface area contributed by atoms with Gasteiger partial charge in [-0.1, -0.05) is 29.8 Å². The molecule has 0 radical (unpaired) electrons. The summed E-state index contributed by atoms with van der Waals surface area (Å²) in [4.78, 5) is 29.1. The smallest absolute Gasteiger partial charge is 0.292 e. The van der Waals surface area contributed by atoms with Crippen molar-refractivity contribution < 1.29 is 9.59 Å². The number of hydrogen-bond donors (Lipinski definition) is 2. The molecule has 7 heteroatoms. The summed E-state index contributed by atoms with van der Waals surface area (Å²) in [6.45, 7) is 3.87. The first-order valence-electron chi connectivity index (χ1n) is 7.53. The Kier molecular flexibility index (Phi) is 4.81. The van der Waals surface area contributed by atoms with Crippen LogP contribution in [0.25, 0.3) is 5.52 Å². The minimum absolute atomic E-state index is 0.110. The van der Waals surface area contributed by atoms with Crippen LogP contribution in [0.4, 0.5) is 5.69 Å². The Hall–Kier alpha value is -3.12. The highest BCUT2D eigenvalue weighted by Crippen LogP contribution is 2.18. The number of carbonyl (C=O) groups excluding carboxylic acids is 2. The van der Waals surface area contributed by atoms with Crippen molar-refractivity contribution in [1.82, 2.24) is 14.7 Å². The zero-order valence-corrected chi connectivity index (χ0v) is 14.0. The molecule has 3 aromatic rings. The molecule has 3 rings (SSSR count). The molecule has 0 saturated carbocycles. The predicted octanol–water partition coefficient (Wildman–Crippen LogP) is 3.16. The second-order valence-corrected chi connectivity index (χ2v) is 5.64. The highest BCUT2D eigenvalue weighted by molar-refractivity contribution is 6.31. The first-order chi connectivity index (χ1) is 12.1. The molecule has 0 unspecified atom stereocenters. The van der Waals surface area contributed by atoms with Gasteiger partial charge in [0.05, 0.1) is 5.52 Å². The molecule has 0 fully saturated rings. The zero-order chi connectivity index (χ0) is 17.8. The standard InChI is InChI=1S/C18H15ClN4O2/c1-2-9-20-17(24)15-14-8-3-4-10-23(14)16(22-15)18(25)21-13-7-5-6-12(19)11-13/h2-8,10-11H,1,9H2,(H,20,24)(H,21,25). The minimum atomic E-state index is -0.439. The zero-order valence-electron chi connectivity index (χ0n) is 13.2. The normalized spacial score (nSPS) is 10.4. The Morgan fingerprint density at radius 2 is 2.04 bits per heavy atom. The van der Waals surface area contributed by atoms with E-state index in [4.69, 9.17) is 11.6 Å². The predicted molar refractivity (Wildman–Crippen MR) is 97.1 cm³/mol. The molecular formula is C18H15ClN4O2. The monoisotopic (exact) mass is 354 g/mol. The molecule has 0 aliphatic rings. The molecule has 2 heterocycles. The largest absolute Gasteiger partial charge is 0.347 e. The van der Waals surface area contributed by atoms with Crippen LogP contribution in [0.1, 0.15) is 21.1 Å². The molecule has 2 N–H and O–H groups in total. The number of amides is 2. The number of rotatable bonds is 5. The van der Waals surface area contributed by atoms with E-state index in [2.05, 4.69) is 22.2 Å². The van der Waals surface area contributed by atoms with Crippen LogP contribution in [-0.4, -0.2) is 27.7 Å². The second-order valence-electron chi connectivity index (χ2n) is 5.20. The number of anilines is 1. The van der Waals surface area contributed by atoms with E-state index in [1.54, 1.807) is 59.1 Å². The van der Waals surface area contributed by atoms with Crippen LogP contribution < -0.4 is 10.6 Å². The lowest BCUT2D eigenvalue weighted by Crippen LogP contribution is -2.24. The number of carbonyl (C=O) groups is 2. The summed E-state index contributed by atoms with van der Waals surface area (Å²) in [5, 5.41) is 5.91. The van der Waals surface area contributed by atoms with E-state index in [-0.39, 0.29) is 17.4 Å². The van der Waals surface area contributed by atoms with E-state index < -0.39 is 5.91 Å². The lowest BCUT2D eigenvalue weighted by atomic mass is 10.3. The van der Waals surface area contributed by atoms with Gasteiger partial charge >= 0.3 is 0 Å². The molecule has 126 valence electrons. The average Bonchev–Trinajstić information content (AvgIpc) is 2.99. The van der Waals surface area contributed by atoms with Gasteiger partial charge in [-0.2, -0.15) is 0 Å². The Morgan fingerprint density at radius 3 is 2.80 bits per heavy atom. The lowest BCUT2D eigenvalue weighted by Gasteiger charge is -2.04. The van der Waals surface area contributed by atoms with Gasteiger partial charge in [0.15, 0.2) is 5.69 Å². The first kappa shape index (κ1) is 16.7. The fraction of sp³-hybridized carbons (Fsp3) is 0.0556. The van der Waals surface area contributed by atoms with E-state index >= 15 is 0 Å². The highest BCUT2D eigenvalue weighted by Gasteiger charge is 2.21. The van der Waals surface area contributed by atoms with Gasteiger partial charge in [0, 0.05) is 23.5 Å². The Balaban J connectivity index is 1.97. The molecule has 0 atom stereocenters. The number of halogens is 1. The molecule has 0 bridgehead atoms.